The highest BCUT2D eigenvalue weighted by Gasteiger charge is 2.47. The van der Waals surface area contributed by atoms with Crippen molar-refractivity contribution >= 4 is 5.91 Å². The van der Waals surface area contributed by atoms with E-state index in [1.807, 2.05) is 0 Å². The largest absolute Gasteiger partial charge is 0.325 e. The van der Waals surface area contributed by atoms with Crippen LogP contribution in [-0.2, 0) is 4.79 Å². The predicted octanol–water partition coefficient (Wildman–Crippen LogP) is 3.15. The van der Waals surface area contributed by atoms with E-state index in [1.165, 1.54) is 19.3 Å². The van der Waals surface area contributed by atoms with E-state index in [-0.39, 0.29) is 12.2 Å². The predicted molar refractivity (Wildman–Crippen MR) is 78.7 cm³/mol. The van der Waals surface area contributed by atoms with Gasteiger partial charge in [-0.3, -0.25) is 10.1 Å². The molecule has 1 saturated heterocycles. The summed E-state index contributed by atoms with van der Waals surface area (Å²) in [5, 5.41) is 3.57. The summed E-state index contributed by atoms with van der Waals surface area (Å²) in [7, 11) is 0. The molecule has 0 radical (unpaired) electrons. The van der Waals surface area contributed by atoms with Crippen LogP contribution >= 0.6 is 0 Å². The van der Waals surface area contributed by atoms with Crippen molar-refractivity contribution in [1.29, 1.82) is 0 Å². The van der Waals surface area contributed by atoms with E-state index in [1.54, 1.807) is 0 Å². The van der Waals surface area contributed by atoms with Crippen LogP contribution in [0.1, 0.15) is 66.2 Å². The molecule has 3 nitrogen and oxygen atoms in total. The Hall–Kier alpha value is -0.570. The molecular weight excluding hydrogens is 236 g/mol. The zero-order valence-electron chi connectivity index (χ0n) is 13.0. The van der Waals surface area contributed by atoms with E-state index < -0.39 is 0 Å². The summed E-state index contributed by atoms with van der Waals surface area (Å²) in [5.41, 5.74) is 0.452. The fraction of sp³-hybridized carbons (Fsp3) is 0.938. The minimum absolute atomic E-state index is 0.0707. The Kier molecular flexibility index (Phi) is 4.54. The molecule has 19 heavy (non-hydrogen) atoms. The van der Waals surface area contributed by atoms with Crippen LogP contribution in [0.15, 0.2) is 0 Å². The van der Waals surface area contributed by atoms with Crippen LogP contribution in [0, 0.1) is 11.3 Å². The smallest absolute Gasteiger partial charge is 0.241 e. The standard InChI is InChI=1S/C16H30N2O/c1-5-7-13-15(19)18(11-16(6-2)8-9-16)14(17-13)10-12(3)4/h12-14,17H,5-11H2,1-4H3. The summed E-state index contributed by atoms with van der Waals surface area (Å²) >= 11 is 0. The average Bonchev–Trinajstić information content (AvgIpc) is 3.08. The summed E-state index contributed by atoms with van der Waals surface area (Å²) in [6.07, 6.45) is 7.22. The van der Waals surface area contributed by atoms with Gasteiger partial charge in [0.2, 0.25) is 5.91 Å². The van der Waals surface area contributed by atoms with Crippen molar-refractivity contribution < 1.29 is 4.79 Å². The SMILES string of the molecule is CCCC1NC(CC(C)C)N(CC2(CC)CC2)C1=O. The molecule has 110 valence electrons. The summed E-state index contributed by atoms with van der Waals surface area (Å²) in [4.78, 5) is 14.7. The minimum Gasteiger partial charge on any atom is -0.325 e. The van der Waals surface area contributed by atoms with Gasteiger partial charge < -0.3 is 4.90 Å². The number of carbonyl (C=O) groups excluding carboxylic acids is 1. The molecule has 0 aromatic carbocycles. The topological polar surface area (TPSA) is 32.3 Å². The number of rotatable bonds is 7. The number of amides is 1. The first-order chi connectivity index (χ1) is 9.01. The average molecular weight is 266 g/mol. The summed E-state index contributed by atoms with van der Waals surface area (Å²) in [6, 6.07) is 0.0707. The molecule has 0 aromatic rings. The maximum atomic E-state index is 12.6. The van der Waals surface area contributed by atoms with Gasteiger partial charge in [-0.25, -0.2) is 0 Å². The van der Waals surface area contributed by atoms with Gasteiger partial charge >= 0.3 is 0 Å². The number of nitrogens with zero attached hydrogens (tertiary/aromatic N) is 1. The Balaban J connectivity index is 2.04. The Labute approximate surface area is 118 Å². The number of hydrogen-bond acceptors (Lipinski definition) is 2. The van der Waals surface area contributed by atoms with Gasteiger partial charge in [-0.2, -0.15) is 0 Å². The molecule has 3 heteroatoms. The number of hydrogen-bond donors (Lipinski definition) is 1. The zero-order valence-corrected chi connectivity index (χ0v) is 13.0. The second-order valence-electron chi connectivity index (χ2n) is 6.97. The van der Waals surface area contributed by atoms with E-state index >= 15 is 0 Å². The van der Waals surface area contributed by atoms with Crippen LogP contribution in [0.3, 0.4) is 0 Å². The van der Waals surface area contributed by atoms with Gasteiger partial charge in [0.25, 0.3) is 0 Å². The maximum Gasteiger partial charge on any atom is 0.241 e. The van der Waals surface area contributed by atoms with Crippen molar-refractivity contribution in [3.63, 3.8) is 0 Å². The van der Waals surface area contributed by atoms with Crippen molar-refractivity contribution in [2.45, 2.75) is 78.4 Å². The van der Waals surface area contributed by atoms with Crippen molar-refractivity contribution in [2.24, 2.45) is 11.3 Å². The molecule has 2 atom stereocenters. The molecule has 1 N–H and O–H groups in total. The first-order valence-corrected chi connectivity index (χ1v) is 8.08. The molecule has 1 aliphatic carbocycles. The maximum absolute atomic E-state index is 12.6. The first kappa shape index (κ1) is 14.8. The second-order valence-corrected chi connectivity index (χ2v) is 6.97. The Morgan fingerprint density at radius 2 is 2.05 bits per heavy atom. The summed E-state index contributed by atoms with van der Waals surface area (Å²) in [6.45, 7) is 9.88. The molecule has 2 fully saturated rings. The molecule has 1 aliphatic heterocycles. The van der Waals surface area contributed by atoms with Crippen LogP contribution in [-0.4, -0.2) is 29.6 Å². The Morgan fingerprint density at radius 3 is 2.53 bits per heavy atom. The molecule has 1 heterocycles. The molecule has 1 saturated carbocycles. The first-order valence-electron chi connectivity index (χ1n) is 8.08. The van der Waals surface area contributed by atoms with Crippen molar-refractivity contribution in [1.82, 2.24) is 10.2 Å². The summed E-state index contributed by atoms with van der Waals surface area (Å²) < 4.78 is 0. The van der Waals surface area contributed by atoms with E-state index in [0.717, 1.165) is 25.8 Å². The molecule has 0 spiro atoms. The van der Waals surface area contributed by atoms with Crippen LogP contribution in [0.4, 0.5) is 0 Å². The Bertz CT molecular complexity index is 323. The van der Waals surface area contributed by atoms with Crippen LogP contribution < -0.4 is 5.32 Å². The van der Waals surface area contributed by atoms with Crippen LogP contribution in [0.2, 0.25) is 0 Å². The van der Waals surface area contributed by atoms with Gasteiger partial charge in [0.1, 0.15) is 0 Å². The highest BCUT2D eigenvalue weighted by Crippen LogP contribution is 2.49. The fourth-order valence-electron chi connectivity index (χ4n) is 3.23. The lowest BCUT2D eigenvalue weighted by Crippen LogP contribution is -2.41. The quantitative estimate of drug-likeness (QED) is 0.767. The minimum atomic E-state index is 0.0707. The monoisotopic (exact) mass is 266 g/mol. The fourth-order valence-corrected chi connectivity index (χ4v) is 3.23. The van der Waals surface area contributed by atoms with Gasteiger partial charge in [-0.05, 0) is 43.4 Å². The highest BCUT2D eigenvalue weighted by atomic mass is 16.2. The number of nitrogens with one attached hydrogen (secondary N) is 1. The summed E-state index contributed by atoms with van der Waals surface area (Å²) in [5.74, 6) is 0.984. The Morgan fingerprint density at radius 1 is 1.37 bits per heavy atom. The van der Waals surface area contributed by atoms with Gasteiger partial charge in [-0.15, -0.1) is 0 Å². The van der Waals surface area contributed by atoms with E-state index in [0.29, 0.717) is 17.2 Å². The highest BCUT2D eigenvalue weighted by molar-refractivity contribution is 5.84. The van der Waals surface area contributed by atoms with Crippen molar-refractivity contribution in [2.75, 3.05) is 6.54 Å². The third-order valence-corrected chi connectivity index (χ3v) is 4.84. The molecule has 0 bridgehead atoms. The van der Waals surface area contributed by atoms with Gasteiger partial charge in [0.15, 0.2) is 0 Å². The lowest BCUT2D eigenvalue weighted by Gasteiger charge is -2.29. The van der Waals surface area contributed by atoms with Crippen molar-refractivity contribution in [3.05, 3.63) is 0 Å². The van der Waals surface area contributed by atoms with Gasteiger partial charge in [0.05, 0.1) is 12.2 Å². The van der Waals surface area contributed by atoms with E-state index in [9.17, 15) is 4.79 Å². The molecule has 2 aliphatic rings. The van der Waals surface area contributed by atoms with E-state index in [4.69, 9.17) is 0 Å². The third-order valence-electron chi connectivity index (χ3n) is 4.84. The van der Waals surface area contributed by atoms with E-state index in [2.05, 4.69) is 37.9 Å². The molecule has 2 rings (SSSR count). The molecule has 2 unspecified atom stereocenters. The van der Waals surface area contributed by atoms with Gasteiger partial charge in [-0.1, -0.05) is 34.1 Å². The molecule has 0 aromatic heterocycles. The van der Waals surface area contributed by atoms with Crippen LogP contribution in [0.25, 0.3) is 0 Å². The third kappa shape index (κ3) is 3.31. The van der Waals surface area contributed by atoms with Crippen molar-refractivity contribution in [3.8, 4) is 0 Å². The lowest BCUT2D eigenvalue weighted by molar-refractivity contribution is -0.131. The number of carbonyl (C=O) groups is 1. The normalized spacial score (nSPS) is 29.3. The molecule has 1 amide bonds. The lowest BCUT2D eigenvalue weighted by atomic mass is 10.0. The van der Waals surface area contributed by atoms with Crippen LogP contribution in [0.5, 0.6) is 0 Å². The zero-order chi connectivity index (χ0) is 14.0. The van der Waals surface area contributed by atoms with Gasteiger partial charge in [0, 0.05) is 6.54 Å². The molecular formula is C16H30N2O. The second kappa shape index (κ2) is 5.82.